The normalized spacial score (nSPS) is 10.2. The Balaban J connectivity index is 2.24. The molecular weight excluding hydrogens is 240 g/mol. The number of benzene rings is 1. The molecule has 2 aromatic rings. The molecule has 0 spiro atoms. The van der Waals surface area contributed by atoms with Crippen molar-refractivity contribution in [2.75, 3.05) is 0 Å². The number of halogens is 1. The molecule has 5 heteroatoms. The number of hydrogen-bond acceptors (Lipinski definition) is 3. The summed E-state index contributed by atoms with van der Waals surface area (Å²) in [6.07, 6.45) is 1.90. The molecule has 0 aliphatic carbocycles. The molecule has 1 heterocycles. The Labute approximate surface area is 103 Å². The number of carbonyl (C=O) groups is 1. The van der Waals surface area contributed by atoms with Crippen molar-refractivity contribution in [3.8, 4) is 0 Å². The van der Waals surface area contributed by atoms with E-state index in [0.29, 0.717) is 17.3 Å². The maximum absolute atomic E-state index is 10.7. The van der Waals surface area contributed by atoms with Crippen LogP contribution in [-0.2, 0) is 6.42 Å². The van der Waals surface area contributed by atoms with Crippen LogP contribution in [0.1, 0.15) is 21.9 Å². The van der Waals surface area contributed by atoms with E-state index >= 15 is 0 Å². The Bertz CT molecular complexity index is 558. The maximum atomic E-state index is 10.7. The van der Waals surface area contributed by atoms with Crippen molar-refractivity contribution >= 4 is 17.6 Å². The molecule has 2 rings (SSSR count). The minimum Gasteiger partial charge on any atom is -0.477 e. The van der Waals surface area contributed by atoms with E-state index in [4.69, 9.17) is 16.7 Å². The second-order valence-electron chi connectivity index (χ2n) is 3.47. The Morgan fingerprint density at radius 1 is 1.35 bits per heavy atom. The summed E-state index contributed by atoms with van der Waals surface area (Å²) in [5, 5.41) is 9.44. The monoisotopic (exact) mass is 248 g/mol. The van der Waals surface area contributed by atoms with Crippen molar-refractivity contribution in [2.24, 2.45) is 0 Å². The molecule has 0 aliphatic rings. The summed E-state index contributed by atoms with van der Waals surface area (Å²) in [4.78, 5) is 18.7. The number of carboxylic acids is 1. The minimum atomic E-state index is -1.06. The summed E-state index contributed by atoms with van der Waals surface area (Å²) in [6.45, 7) is 0. The van der Waals surface area contributed by atoms with Gasteiger partial charge in [0.05, 0.1) is 0 Å². The fourth-order valence-corrected chi connectivity index (χ4v) is 1.65. The van der Waals surface area contributed by atoms with Crippen LogP contribution in [0.5, 0.6) is 0 Å². The molecular formula is C12H9ClN2O2. The van der Waals surface area contributed by atoms with Gasteiger partial charge in [-0.25, -0.2) is 14.8 Å². The summed E-state index contributed by atoms with van der Waals surface area (Å²) in [5.41, 5.74) is 0.942. The van der Waals surface area contributed by atoms with Crippen LogP contribution in [0.15, 0.2) is 36.5 Å². The Morgan fingerprint density at radius 2 is 2.18 bits per heavy atom. The summed E-state index contributed by atoms with van der Waals surface area (Å²) in [7, 11) is 0. The summed E-state index contributed by atoms with van der Waals surface area (Å²) < 4.78 is 0. The van der Waals surface area contributed by atoms with E-state index in [9.17, 15) is 4.79 Å². The quantitative estimate of drug-likeness (QED) is 0.906. The molecule has 0 amide bonds. The van der Waals surface area contributed by atoms with Crippen LogP contribution in [0.2, 0.25) is 5.02 Å². The molecule has 0 atom stereocenters. The van der Waals surface area contributed by atoms with Gasteiger partial charge in [-0.3, -0.25) is 0 Å². The van der Waals surface area contributed by atoms with Crippen LogP contribution in [0.3, 0.4) is 0 Å². The van der Waals surface area contributed by atoms with Crippen LogP contribution in [-0.4, -0.2) is 21.0 Å². The lowest BCUT2D eigenvalue weighted by Crippen LogP contribution is -2.05. The highest BCUT2D eigenvalue weighted by Crippen LogP contribution is 2.13. The zero-order chi connectivity index (χ0) is 12.3. The Kier molecular flexibility index (Phi) is 3.35. The molecule has 1 aromatic heterocycles. The van der Waals surface area contributed by atoms with Crippen molar-refractivity contribution in [1.29, 1.82) is 0 Å². The fourth-order valence-electron chi connectivity index (χ4n) is 1.43. The van der Waals surface area contributed by atoms with Gasteiger partial charge in [0.15, 0.2) is 5.69 Å². The first-order chi connectivity index (χ1) is 8.15. The second-order valence-corrected chi connectivity index (χ2v) is 3.91. The van der Waals surface area contributed by atoms with Crippen LogP contribution in [0, 0.1) is 0 Å². The van der Waals surface area contributed by atoms with E-state index in [1.807, 2.05) is 12.1 Å². The summed E-state index contributed by atoms with van der Waals surface area (Å²) in [6, 6.07) is 8.67. The smallest absolute Gasteiger partial charge is 0.354 e. The first-order valence-corrected chi connectivity index (χ1v) is 5.32. The number of carboxylic acid groups (broad SMARTS) is 1. The third kappa shape index (κ3) is 3.01. The van der Waals surface area contributed by atoms with Gasteiger partial charge in [0.1, 0.15) is 5.82 Å². The lowest BCUT2D eigenvalue weighted by molar-refractivity contribution is 0.0690. The molecule has 86 valence electrons. The van der Waals surface area contributed by atoms with Crippen LogP contribution in [0.4, 0.5) is 0 Å². The highest BCUT2D eigenvalue weighted by atomic mass is 35.5. The Hall–Kier alpha value is -1.94. The van der Waals surface area contributed by atoms with Gasteiger partial charge in [-0.2, -0.15) is 0 Å². The lowest BCUT2D eigenvalue weighted by atomic mass is 10.1. The highest BCUT2D eigenvalue weighted by Gasteiger charge is 2.06. The number of nitrogens with zero attached hydrogens (tertiary/aromatic N) is 2. The predicted octanol–water partition coefficient (Wildman–Crippen LogP) is 2.42. The third-order valence-electron chi connectivity index (χ3n) is 2.18. The van der Waals surface area contributed by atoms with Gasteiger partial charge in [0, 0.05) is 17.6 Å². The number of rotatable bonds is 3. The van der Waals surface area contributed by atoms with E-state index in [1.54, 1.807) is 12.1 Å². The van der Waals surface area contributed by atoms with Crippen molar-refractivity contribution in [1.82, 2.24) is 9.97 Å². The third-order valence-corrected chi connectivity index (χ3v) is 2.41. The molecule has 0 aliphatic heterocycles. The largest absolute Gasteiger partial charge is 0.477 e. The number of aromatic nitrogens is 2. The maximum Gasteiger partial charge on any atom is 0.354 e. The lowest BCUT2D eigenvalue weighted by Gasteiger charge is -2.01. The van der Waals surface area contributed by atoms with Gasteiger partial charge >= 0.3 is 5.97 Å². The molecule has 0 saturated heterocycles. The van der Waals surface area contributed by atoms with Gasteiger partial charge in [0.2, 0.25) is 0 Å². The van der Waals surface area contributed by atoms with E-state index < -0.39 is 5.97 Å². The molecule has 1 aromatic carbocycles. The van der Waals surface area contributed by atoms with Gasteiger partial charge in [-0.1, -0.05) is 23.7 Å². The van der Waals surface area contributed by atoms with Gasteiger partial charge in [-0.15, -0.1) is 0 Å². The number of hydrogen-bond donors (Lipinski definition) is 1. The van der Waals surface area contributed by atoms with Gasteiger partial charge in [-0.05, 0) is 23.8 Å². The standard InChI is InChI=1S/C12H9ClN2O2/c13-9-3-1-2-8(6-9)7-11-14-5-4-10(15-11)12(16)17/h1-6H,7H2,(H,16,17). The average Bonchev–Trinajstić information content (AvgIpc) is 2.29. The van der Waals surface area contributed by atoms with Crippen LogP contribution in [0.25, 0.3) is 0 Å². The number of aromatic carboxylic acids is 1. The molecule has 0 radical (unpaired) electrons. The molecule has 0 fully saturated rings. The average molecular weight is 249 g/mol. The van der Waals surface area contributed by atoms with E-state index in [0.717, 1.165) is 5.56 Å². The zero-order valence-corrected chi connectivity index (χ0v) is 9.55. The van der Waals surface area contributed by atoms with E-state index in [2.05, 4.69) is 9.97 Å². The minimum absolute atomic E-state index is 0.00275. The first kappa shape index (κ1) is 11.5. The fraction of sp³-hybridized carbons (Fsp3) is 0.0833. The Morgan fingerprint density at radius 3 is 2.88 bits per heavy atom. The molecule has 4 nitrogen and oxygen atoms in total. The van der Waals surface area contributed by atoms with Crippen molar-refractivity contribution < 1.29 is 9.90 Å². The van der Waals surface area contributed by atoms with Crippen molar-refractivity contribution in [3.05, 3.63) is 58.6 Å². The van der Waals surface area contributed by atoms with Gasteiger partial charge < -0.3 is 5.11 Å². The van der Waals surface area contributed by atoms with Crippen molar-refractivity contribution in [2.45, 2.75) is 6.42 Å². The molecule has 17 heavy (non-hydrogen) atoms. The second kappa shape index (κ2) is 4.93. The topological polar surface area (TPSA) is 63.1 Å². The zero-order valence-electron chi connectivity index (χ0n) is 8.80. The first-order valence-electron chi connectivity index (χ1n) is 4.95. The predicted molar refractivity (Wildman–Crippen MR) is 63.2 cm³/mol. The van der Waals surface area contributed by atoms with Gasteiger partial charge in [0.25, 0.3) is 0 Å². The molecule has 0 bridgehead atoms. The summed E-state index contributed by atoms with van der Waals surface area (Å²) >= 11 is 5.86. The highest BCUT2D eigenvalue weighted by molar-refractivity contribution is 6.30. The molecule has 0 saturated carbocycles. The molecule has 0 unspecified atom stereocenters. The van der Waals surface area contributed by atoms with E-state index in [1.165, 1.54) is 12.3 Å². The molecule has 1 N–H and O–H groups in total. The van der Waals surface area contributed by atoms with E-state index in [-0.39, 0.29) is 5.69 Å². The SMILES string of the molecule is O=C(O)c1ccnc(Cc2cccc(Cl)c2)n1. The summed E-state index contributed by atoms with van der Waals surface area (Å²) in [5.74, 6) is -0.591. The van der Waals surface area contributed by atoms with Crippen LogP contribution < -0.4 is 0 Å². The van der Waals surface area contributed by atoms with Crippen LogP contribution >= 0.6 is 11.6 Å². The van der Waals surface area contributed by atoms with Crippen molar-refractivity contribution in [3.63, 3.8) is 0 Å².